The topological polar surface area (TPSA) is 46.3 Å². The quantitative estimate of drug-likeness (QED) is 0.727. The molecular formula is C12H24N2O. The number of rotatable bonds is 6. The number of hydrogen-bond donors (Lipinski definition) is 1. The van der Waals surface area contributed by atoms with Crippen molar-refractivity contribution in [1.29, 1.82) is 0 Å². The van der Waals surface area contributed by atoms with Gasteiger partial charge in [0.15, 0.2) is 0 Å². The van der Waals surface area contributed by atoms with Crippen molar-refractivity contribution in [2.75, 3.05) is 13.1 Å². The van der Waals surface area contributed by atoms with Crippen molar-refractivity contribution >= 4 is 5.91 Å². The highest BCUT2D eigenvalue weighted by Gasteiger charge is 2.29. The molecule has 0 radical (unpaired) electrons. The van der Waals surface area contributed by atoms with Crippen LogP contribution in [0, 0.1) is 11.8 Å². The summed E-state index contributed by atoms with van der Waals surface area (Å²) in [7, 11) is 0. The fraction of sp³-hybridized carbons (Fsp3) is 0.917. The third kappa shape index (κ3) is 3.49. The van der Waals surface area contributed by atoms with Gasteiger partial charge in [0.05, 0.1) is 6.04 Å². The third-order valence-corrected chi connectivity index (χ3v) is 3.41. The van der Waals surface area contributed by atoms with Gasteiger partial charge in [0.25, 0.3) is 0 Å². The average molecular weight is 212 g/mol. The van der Waals surface area contributed by atoms with Gasteiger partial charge in [0.2, 0.25) is 5.91 Å². The van der Waals surface area contributed by atoms with Gasteiger partial charge in [-0.15, -0.1) is 0 Å². The lowest BCUT2D eigenvalue weighted by Crippen LogP contribution is -2.47. The summed E-state index contributed by atoms with van der Waals surface area (Å²) in [5.41, 5.74) is 5.95. The minimum atomic E-state index is -0.311. The minimum Gasteiger partial charge on any atom is -0.341 e. The van der Waals surface area contributed by atoms with Gasteiger partial charge in [-0.2, -0.15) is 0 Å². The molecule has 15 heavy (non-hydrogen) atoms. The molecule has 3 heteroatoms. The summed E-state index contributed by atoms with van der Waals surface area (Å²) in [6.07, 6.45) is 3.53. The second-order valence-corrected chi connectivity index (χ2v) is 4.73. The van der Waals surface area contributed by atoms with E-state index in [2.05, 4.69) is 6.92 Å². The van der Waals surface area contributed by atoms with E-state index in [1.165, 1.54) is 12.8 Å². The van der Waals surface area contributed by atoms with Crippen LogP contribution in [-0.2, 0) is 4.79 Å². The summed E-state index contributed by atoms with van der Waals surface area (Å²) in [6, 6.07) is -0.311. The number of nitrogens with two attached hydrogens (primary N) is 1. The molecule has 1 rings (SSSR count). The molecule has 0 saturated heterocycles. The van der Waals surface area contributed by atoms with E-state index < -0.39 is 0 Å². The lowest BCUT2D eigenvalue weighted by Gasteiger charge is -2.27. The molecule has 3 nitrogen and oxygen atoms in total. The van der Waals surface area contributed by atoms with E-state index in [1.807, 2.05) is 18.7 Å². The number of nitrogens with zero attached hydrogens (tertiary/aromatic N) is 1. The number of carbonyl (C=O) groups is 1. The van der Waals surface area contributed by atoms with Gasteiger partial charge in [0, 0.05) is 13.1 Å². The Kier molecular flexibility index (Phi) is 4.58. The van der Waals surface area contributed by atoms with Gasteiger partial charge in [-0.3, -0.25) is 4.79 Å². The second kappa shape index (κ2) is 5.50. The van der Waals surface area contributed by atoms with Crippen molar-refractivity contribution < 1.29 is 4.79 Å². The Labute approximate surface area is 93.0 Å². The fourth-order valence-corrected chi connectivity index (χ4v) is 1.70. The Bertz CT molecular complexity index is 214. The van der Waals surface area contributed by atoms with Crippen molar-refractivity contribution in [2.45, 2.75) is 46.1 Å². The van der Waals surface area contributed by atoms with Crippen LogP contribution in [0.3, 0.4) is 0 Å². The van der Waals surface area contributed by atoms with Crippen molar-refractivity contribution in [3.8, 4) is 0 Å². The van der Waals surface area contributed by atoms with E-state index in [9.17, 15) is 4.79 Å². The van der Waals surface area contributed by atoms with Crippen LogP contribution in [0.25, 0.3) is 0 Å². The number of carbonyl (C=O) groups excluding carboxylic acids is 1. The zero-order valence-corrected chi connectivity index (χ0v) is 10.2. The molecule has 1 aliphatic carbocycles. The van der Waals surface area contributed by atoms with Crippen molar-refractivity contribution in [3.63, 3.8) is 0 Å². The maximum absolute atomic E-state index is 12.0. The smallest absolute Gasteiger partial charge is 0.239 e. The standard InChI is InChI=1S/C12H24N2O/c1-4-9(3)11(13)12(15)14(5-2)8-10-6-7-10/h9-11H,4-8,13H2,1-3H3. The fourth-order valence-electron chi connectivity index (χ4n) is 1.70. The van der Waals surface area contributed by atoms with Crippen molar-refractivity contribution in [1.82, 2.24) is 4.90 Å². The Balaban J connectivity index is 2.46. The Morgan fingerprint density at radius 1 is 1.47 bits per heavy atom. The molecule has 2 atom stereocenters. The van der Waals surface area contributed by atoms with Crippen LogP contribution in [0.2, 0.25) is 0 Å². The van der Waals surface area contributed by atoms with Gasteiger partial charge >= 0.3 is 0 Å². The van der Waals surface area contributed by atoms with Crippen LogP contribution < -0.4 is 5.73 Å². The molecule has 0 aromatic rings. The number of likely N-dealkylation sites (N-methyl/N-ethyl adjacent to an activating group) is 1. The molecule has 0 spiro atoms. The number of hydrogen-bond acceptors (Lipinski definition) is 2. The molecule has 0 aliphatic heterocycles. The summed E-state index contributed by atoms with van der Waals surface area (Å²) in [6.45, 7) is 7.87. The molecule has 0 bridgehead atoms. The summed E-state index contributed by atoms with van der Waals surface area (Å²) in [5.74, 6) is 1.17. The molecular weight excluding hydrogens is 188 g/mol. The first-order chi connectivity index (χ1) is 7.10. The molecule has 0 aromatic heterocycles. The Morgan fingerprint density at radius 3 is 2.47 bits per heavy atom. The highest BCUT2D eigenvalue weighted by Crippen LogP contribution is 2.29. The van der Waals surface area contributed by atoms with Crippen molar-refractivity contribution in [2.24, 2.45) is 17.6 Å². The molecule has 0 heterocycles. The predicted octanol–water partition coefficient (Wildman–Crippen LogP) is 1.62. The summed E-state index contributed by atoms with van der Waals surface area (Å²) < 4.78 is 0. The Hall–Kier alpha value is -0.570. The number of amides is 1. The van der Waals surface area contributed by atoms with Crippen LogP contribution >= 0.6 is 0 Å². The normalized spacial score (nSPS) is 19.7. The maximum Gasteiger partial charge on any atom is 0.239 e. The molecule has 88 valence electrons. The van der Waals surface area contributed by atoms with Gasteiger partial charge in [-0.05, 0) is 31.6 Å². The van der Waals surface area contributed by atoms with Crippen molar-refractivity contribution in [3.05, 3.63) is 0 Å². The van der Waals surface area contributed by atoms with Gasteiger partial charge in [-0.25, -0.2) is 0 Å². The lowest BCUT2D eigenvalue weighted by atomic mass is 9.99. The molecule has 1 aliphatic rings. The maximum atomic E-state index is 12.0. The molecule has 1 saturated carbocycles. The first-order valence-corrected chi connectivity index (χ1v) is 6.14. The van der Waals surface area contributed by atoms with Gasteiger partial charge < -0.3 is 10.6 Å². The van der Waals surface area contributed by atoms with E-state index in [0.29, 0.717) is 0 Å². The molecule has 2 N–H and O–H groups in total. The first kappa shape index (κ1) is 12.5. The average Bonchev–Trinajstić information content (AvgIpc) is 3.06. The summed E-state index contributed by atoms with van der Waals surface area (Å²) >= 11 is 0. The van der Waals surface area contributed by atoms with Crippen LogP contribution in [0.15, 0.2) is 0 Å². The molecule has 0 aromatic carbocycles. The lowest BCUT2D eigenvalue weighted by molar-refractivity contribution is -0.133. The summed E-state index contributed by atoms with van der Waals surface area (Å²) in [5, 5.41) is 0. The van der Waals surface area contributed by atoms with E-state index in [4.69, 9.17) is 5.73 Å². The predicted molar refractivity (Wildman–Crippen MR) is 62.4 cm³/mol. The van der Waals surface area contributed by atoms with Crippen LogP contribution in [0.4, 0.5) is 0 Å². The molecule has 1 fully saturated rings. The molecule has 2 unspecified atom stereocenters. The van der Waals surface area contributed by atoms with E-state index in [0.717, 1.165) is 25.4 Å². The van der Waals surface area contributed by atoms with Crippen LogP contribution in [-0.4, -0.2) is 29.9 Å². The third-order valence-electron chi connectivity index (χ3n) is 3.41. The van der Waals surface area contributed by atoms with E-state index >= 15 is 0 Å². The van der Waals surface area contributed by atoms with Gasteiger partial charge in [-0.1, -0.05) is 20.3 Å². The highest BCUT2D eigenvalue weighted by molar-refractivity contribution is 5.82. The Morgan fingerprint density at radius 2 is 2.07 bits per heavy atom. The van der Waals surface area contributed by atoms with E-state index in [-0.39, 0.29) is 17.9 Å². The minimum absolute atomic E-state index is 0.138. The van der Waals surface area contributed by atoms with Gasteiger partial charge in [0.1, 0.15) is 0 Å². The zero-order chi connectivity index (χ0) is 11.4. The highest BCUT2D eigenvalue weighted by atomic mass is 16.2. The second-order valence-electron chi connectivity index (χ2n) is 4.73. The zero-order valence-electron chi connectivity index (χ0n) is 10.2. The first-order valence-electron chi connectivity index (χ1n) is 6.14. The molecule has 1 amide bonds. The summed E-state index contributed by atoms with van der Waals surface area (Å²) in [4.78, 5) is 14.0. The van der Waals surface area contributed by atoms with Crippen LogP contribution in [0.1, 0.15) is 40.0 Å². The van der Waals surface area contributed by atoms with E-state index in [1.54, 1.807) is 0 Å². The SMILES string of the molecule is CCC(C)C(N)C(=O)N(CC)CC1CC1. The monoisotopic (exact) mass is 212 g/mol. The van der Waals surface area contributed by atoms with Crippen LogP contribution in [0.5, 0.6) is 0 Å². The largest absolute Gasteiger partial charge is 0.341 e.